The minimum absolute atomic E-state index is 0.0177. The van der Waals surface area contributed by atoms with Gasteiger partial charge in [-0.1, -0.05) is 44.5 Å². The molecular formula is C20H23ClN2O5S. The lowest BCUT2D eigenvalue weighted by molar-refractivity contribution is -0.123. The molecule has 2 rings (SSSR count). The molecule has 29 heavy (non-hydrogen) atoms. The van der Waals surface area contributed by atoms with Crippen molar-refractivity contribution in [2.45, 2.75) is 44.1 Å². The van der Waals surface area contributed by atoms with Crippen LogP contribution in [0.3, 0.4) is 0 Å². The number of nitrogens with two attached hydrogens (primary N) is 1. The van der Waals surface area contributed by atoms with Crippen LogP contribution in [0.2, 0.25) is 5.02 Å². The van der Waals surface area contributed by atoms with Crippen LogP contribution in [0.1, 0.15) is 43.6 Å². The fourth-order valence-electron chi connectivity index (χ4n) is 2.41. The number of sulfonamides is 1. The van der Waals surface area contributed by atoms with Crippen LogP contribution in [-0.4, -0.2) is 26.4 Å². The molecule has 0 aromatic heterocycles. The van der Waals surface area contributed by atoms with Crippen LogP contribution in [0.25, 0.3) is 0 Å². The number of halogens is 1. The Bertz CT molecular complexity index is 1030. The number of carbonyl (C=O) groups excluding carboxylic acids is 2. The Kier molecular flexibility index (Phi) is 6.72. The van der Waals surface area contributed by atoms with Gasteiger partial charge in [0.05, 0.1) is 15.5 Å². The van der Waals surface area contributed by atoms with Crippen molar-refractivity contribution in [2.75, 3.05) is 5.32 Å². The average Bonchev–Trinajstić information content (AvgIpc) is 2.60. The molecule has 0 saturated heterocycles. The second-order valence-corrected chi connectivity index (χ2v) is 9.52. The summed E-state index contributed by atoms with van der Waals surface area (Å²) in [4.78, 5) is 24.4. The predicted octanol–water partition coefficient (Wildman–Crippen LogP) is 3.47. The lowest BCUT2D eigenvalue weighted by atomic mass is 9.87. The molecule has 9 heteroatoms. The summed E-state index contributed by atoms with van der Waals surface area (Å²) in [5.74, 6) is -1.48. The molecular weight excluding hydrogens is 416 g/mol. The molecule has 0 aliphatic heterocycles. The van der Waals surface area contributed by atoms with E-state index in [1.165, 1.54) is 19.1 Å². The van der Waals surface area contributed by atoms with Crippen LogP contribution in [0.4, 0.5) is 5.69 Å². The molecule has 0 heterocycles. The molecule has 1 unspecified atom stereocenters. The summed E-state index contributed by atoms with van der Waals surface area (Å²) in [7, 11) is -4.02. The predicted molar refractivity (Wildman–Crippen MR) is 111 cm³/mol. The third kappa shape index (κ3) is 6.03. The number of rotatable bonds is 5. The number of hydrogen-bond donors (Lipinski definition) is 2. The lowest BCUT2D eigenvalue weighted by Crippen LogP contribution is -2.30. The Morgan fingerprint density at radius 1 is 1.10 bits per heavy atom. The normalized spacial score (nSPS) is 12.9. The van der Waals surface area contributed by atoms with Crippen molar-refractivity contribution in [3.63, 3.8) is 0 Å². The van der Waals surface area contributed by atoms with Crippen molar-refractivity contribution in [3.8, 4) is 0 Å². The van der Waals surface area contributed by atoms with Crippen LogP contribution in [0, 0.1) is 0 Å². The molecule has 156 valence electrons. The number of benzene rings is 2. The van der Waals surface area contributed by atoms with Crippen LogP contribution in [0.15, 0.2) is 47.4 Å². The van der Waals surface area contributed by atoms with Gasteiger partial charge in [-0.3, -0.25) is 4.79 Å². The lowest BCUT2D eigenvalue weighted by Gasteiger charge is -2.19. The number of esters is 1. The number of amides is 1. The van der Waals surface area contributed by atoms with E-state index >= 15 is 0 Å². The fourth-order valence-corrected chi connectivity index (χ4v) is 3.15. The minimum Gasteiger partial charge on any atom is -0.449 e. The number of hydrogen-bond acceptors (Lipinski definition) is 5. The standard InChI is InChI=1S/C20H23ClN2O5S/c1-12(18(24)23-14-7-5-13(6-8-14)20(2,3)4)28-19(25)16-11-15(29(22,26)27)9-10-17(16)21/h5-12H,1-4H3,(H,23,24)(H2,22,26,27). The zero-order chi connectivity index (χ0) is 22.0. The van der Waals surface area contributed by atoms with E-state index in [0.717, 1.165) is 11.6 Å². The van der Waals surface area contributed by atoms with Gasteiger partial charge in [0.15, 0.2) is 6.10 Å². The van der Waals surface area contributed by atoms with Crippen LogP contribution < -0.4 is 10.5 Å². The van der Waals surface area contributed by atoms with Crippen molar-refractivity contribution in [2.24, 2.45) is 5.14 Å². The maximum atomic E-state index is 12.3. The molecule has 0 spiro atoms. The van der Waals surface area contributed by atoms with Gasteiger partial charge in [-0.05, 0) is 48.2 Å². The van der Waals surface area contributed by atoms with Crippen molar-refractivity contribution < 1.29 is 22.7 Å². The van der Waals surface area contributed by atoms with Crippen molar-refractivity contribution in [1.29, 1.82) is 0 Å². The van der Waals surface area contributed by atoms with Crippen LogP contribution >= 0.6 is 11.6 Å². The first kappa shape index (κ1) is 22.9. The number of nitrogens with one attached hydrogen (secondary N) is 1. The van der Waals surface area contributed by atoms with Gasteiger partial charge >= 0.3 is 5.97 Å². The molecule has 0 bridgehead atoms. The molecule has 0 saturated carbocycles. The SMILES string of the molecule is CC(OC(=O)c1cc(S(N)(=O)=O)ccc1Cl)C(=O)Nc1ccc(C(C)(C)C)cc1. The number of ether oxygens (including phenoxy) is 1. The zero-order valence-corrected chi connectivity index (χ0v) is 18.1. The number of anilines is 1. The van der Waals surface area contributed by atoms with E-state index in [0.29, 0.717) is 5.69 Å². The molecule has 7 nitrogen and oxygen atoms in total. The van der Waals surface area contributed by atoms with Gasteiger partial charge in [0, 0.05) is 5.69 Å². The first-order valence-corrected chi connectivity index (χ1v) is 10.7. The topological polar surface area (TPSA) is 116 Å². The van der Waals surface area contributed by atoms with Crippen LogP contribution in [0.5, 0.6) is 0 Å². The van der Waals surface area contributed by atoms with Gasteiger partial charge in [-0.15, -0.1) is 0 Å². The third-order valence-corrected chi connectivity index (χ3v) is 5.40. The van der Waals surface area contributed by atoms with E-state index in [1.807, 2.05) is 12.1 Å². The molecule has 0 aliphatic carbocycles. The van der Waals surface area contributed by atoms with Gasteiger partial charge in [0.25, 0.3) is 5.91 Å². The summed E-state index contributed by atoms with van der Waals surface area (Å²) in [6.07, 6.45) is -1.14. The van der Waals surface area contributed by atoms with E-state index in [-0.39, 0.29) is 20.9 Å². The fraction of sp³-hybridized carbons (Fsp3) is 0.300. The highest BCUT2D eigenvalue weighted by molar-refractivity contribution is 7.89. The van der Waals surface area contributed by atoms with Crippen molar-refractivity contribution >= 4 is 39.2 Å². The van der Waals surface area contributed by atoms with Crippen LogP contribution in [-0.2, 0) is 25.0 Å². The molecule has 1 atom stereocenters. The summed E-state index contributed by atoms with van der Waals surface area (Å²) in [6, 6.07) is 10.7. The van der Waals surface area contributed by atoms with Crippen molar-refractivity contribution in [1.82, 2.24) is 0 Å². The van der Waals surface area contributed by atoms with E-state index in [1.54, 1.807) is 12.1 Å². The Morgan fingerprint density at radius 3 is 2.21 bits per heavy atom. The molecule has 1 amide bonds. The van der Waals surface area contributed by atoms with E-state index < -0.39 is 28.0 Å². The van der Waals surface area contributed by atoms with Gasteiger partial charge in [0.1, 0.15) is 0 Å². The second-order valence-electron chi connectivity index (χ2n) is 7.55. The Hall–Kier alpha value is -2.42. The summed E-state index contributed by atoms with van der Waals surface area (Å²) >= 11 is 5.95. The van der Waals surface area contributed by atoms with E-state index in [2.05, 4.69) is 26.1 Å². The summed E-state index contributed by atoms with van der Waals surface area (Å²) < 4.78 is 28.0. The molecule has 0 aliphatic rings. The number of primary sulfonamides is 1. The van der Waals surface area contributed by atoms with E-state index in [9.17, 15) is 18.0 Å². The highest BCUT2D eigenvalue weighted by atomic mass is 35.5. The smallest absolute Gasteiger partial charge is 0.340 e. The molecule has 2 aromatic rings. The van der Waals surface area contributed by atoms with Gasteiger partial charge < -0.3 is 10.1 Å². The monoisotopic (exact) mass is 438 g/mol. The minimum atomic E-state index is -4.02. The quantitative estimate of drug-likeness (QED) is 0.693. The maximum absolute atomic E-state index is 12.3. The Balaban J connectivity index is 2.09. The Labute approximate surface area is 175 Å². The highest BCUT2D eigenvalue weighted by Gasteiger charge is 2.22. The summed E-state index contributed by atoms with van der Waals surface area (Å²) in [5.41, 5.74) is 1.45. The zero-order valence-electron chi connectivity index (χ0n) is 16.5. The highest BCUT2D eigenvalue weighted by Crippen LogP contribution is 2.24. The third-order valence-electron chi connectivity index (χ3n) is 4.16. The first-order valence-electron chi connectivity index (χ1n) is 8.74. The molecule has 3 N–H and O–H groups in total. The van der Waals surface area contributed by atoms with Gasteiger partial charge in [-0.2, -0.15) is 0 Å². The molecule has 0 radical (unpaired) electrons. The number of carbonyl (C=O) groups is 2. The van der Waals surface area contributed by atoms with E-state index in [4.69, 9.17) is 21.5 Å². The molecule has 2 aromatic carbocycles. The van der Waals surface area contributed by atoms with Gasteiger partial charge in [-0.25, -0.2) is 18.4 Å². The average molecular weight is 439 g/mol. The first-order chi connectivity index (χ1) is 13.3. The largest absolute Gasteiger partial charge is 0.449 e. The molecule has 0 fully saturated rings. The maximum Gasteiger partial charge on any atom is 0.340 e. The van der Waals surface area contributed by atoms with Crippen molar-refractivity contribution in [3.05, 3.63) is 58.6 Å². The summed E-state index contributed by atoms with van der Waals surface area (Å²) in [5, 5.41) is 7.70. The van der Waals surface area contributed by atoms with Gasteiger partial charge in [0.2, 0.25) is 10.0 Å². The second kappa shape index (κ2) is 8.52. The summed E-state index contributed by atoms with van der Waals surface area (Å²) in [6.45, 7) is 7.64. The Morgan fingerprint density at radius 2 is 1.69 bits per heavy atom.